The van der Waals surface area contributed by atoms with Gasteiger partial charge < -0.3 is 24.3 Å². The molecule has 0 aliphatic carbocycles. The number of halogens is 1. The Morgan fingerprint density at radius 1 is 1.17 bits per heavy atom. The number of nitrogens with zero attached hydrogens (tertiary/aromatic N) is 1. The topological polar surface area (TPSA) is 63.9 Å². The highest BCUT2D eigenvalue weighted by Crippen LogP contribution is 2.40. The van der Waals surface area contributed by atoms with E-state index in [9.17, 15) is 10.2 Å². The van der Waals surface area contributed by atoms with Crippen molar-refractivity contribution < 1.29 is 19.7 Å². The molecule has 6 heteroatoms. The quantitative estimate of drug-likeness (QED) is 0.654. The largest absolute Gasteiger partial charge is 0.497 e. The number of aliphatic hydroxyl groups is 2. The number of ether oxygens (including phenoxy) is 2. The third kappa shape index (κ3) is 4.01. The minimum atomic E-state index is -0.505. The number of aliphatic hydroxyl groups excluding tert-OH is 2. The van der Waals surface area contributed by atoms with E-state index in [1.807, 2.05) is 36.4 Å². The Bertz CT molecular complexity index is 998. The molecule has 0 amide bonds. The molecule has 3 atom stereocenters. The summed E-state index contributed by atoms with van der Waals surface area (Å²) in [6, 6.07) is 11.9. The Labute approximate surface area is 175 Å². The fraction of sp³-hybridized carbons (Fsp3) is 0.391. The van der Waals surface area contributed by atoms with Crippen molar-refractivity contribution in [3.05, 3.63) is 64.3 Å². The molecule has 2 N–H and O–H groups in total. The maximum absolute atomic E-state index is 10.3. The first-order valence-electron chi connectivity index (χ1n) is 9.85. The molecule has 2 aromatic carbocycles. The summed E-state index contributed by atoms with van der Waals surface area (Å²) in [5, 5.41) is 21.5. The van der Waals surface area contributed by atoms with E-state index in [0.717, 1.165) is 33.3 Å². The van der Waals surface area contributed by atoms with Gasteiger partial charge in [0.1, 0.15) is 5.75 Å². The summed E-state index contributed by atoms with van der Waals surface area (Å²) in [5.74, 6) is 0.825. The van der Waals surface area contributed by atoms with Crippen LogP contribution in [-0.4, -0.2) is 40.7 Å². The number of hydrogen-bond acceptors (Lipinski definition) is 4. The monoisotopic (exact) mass is 415 g/mol. The summed E-state index contributed by atoms with van der Waals surface area (Å²) in [5.41, 5.74) is 4.29. The number of aromatic nitrogens is 1. The van der Waals surface area contributed by atoms with Gasteiger partial charge in [0.25, 0.3) is 0 Å². The van der Waals surface area contributed by atoms with Gasteiger partial charge in [-0.25, -0.2) is 0 Å². The van der Waals surface area contributed by atoms with Crippen LogP contribution in [0.3, 0.4) is 0 Å². The second kappa shape index (κ2) is 8.36. The molecule has 3 aromatic rings. The molecule has 0 bridgehead atoms. The third-order valence-corrected chi connectivity index (χ3v) is 5.95. The molecular weight excluding hydrogens is 390 g/mol. The van der Waals surface area contributed by atoms with Crippen molar-refractivity contribution >= 4 is 22.5 Å². The molecular formula is C23H26ClNO4. The molecule has 2 heterocycles. The number of fused-ring (bicyclic) bond motifs is 1. The highest BCUT2D eigenvalue weighted by Gasteiger charge is 2.31. The van der Waals surface area contributed by atoms with Gasteiger partial charge in [-0.15, -0.1) is 0 Å². The van der Waals surface area contributed by atoms with Gasteiger partial charge in [0.15, 0.2) is 0 Å². The van der Waals surface area contributed by atoms with E-state index in [-0.39, 0.29) is 18.8 Å². The van der Waals surface area contributed by atoms with Crippen LogP contribution in [0.15, 0.2) is 42.6 Å². The number of hydrogen-bond donors (Lipinski definition) is 2. The van der Waals surface area contributed by atoms with Crippen LogP contribution in [-0.2, 0) is 11.3 Å². The Morgan fingerprint density at radius 2 is 1.93 bits per heavy atom. The van der Waals surface area contributed by atoms with Crippen molar-refractivity contribution in [2.24, 2.45) is 0 Å². The van der Waals surface area contributed by atoms with Crippen molar-refractivity contribution in [3.63, 3.8) is 0 Å². The van der Waals surface area contributed by atoms with Gasteiger partial charge >= 0.3 is 0 Å². The summed E-state index contributed by atoms with van der Waals surface area (Å²) in [6.07, 6.45) is 1.83. The van der Waals surface area contributed by atoms with Crippen LogP contribution in [0.1, 0.15) is 35.6 Å². The fourth-order valence-electron chi connectivity index (χ4n) is 4.22. The average molecular weight is 416 g/mol. The molecule has 1 aliphatic rings. The minimum Gasteiger partial charge on any atom is -0.497 e. The van der Waals surface area contributed by atoms with Crippen molar-refractivity contribution in [1.82, 2.24) is 4.57 Å². The molecule has 4 rings (SSSR count). The van der Waals surface area contributed by atoms with E-state index in [1.54, 1.807) is 7.11 Å². The molecule has 29 heavy (non-hydrogen) atoms. The van der Waals surface area contributed by atoms with Gasteiger partial charge in [0, 0.05) is 36.5 Å². The van der Waals surface area contributed by atoms with Crippen molar-refractivity contribution in [1.29, 1.82) is 0 Å². The maximum atomic E-state index is 10.3. The first kappa shape index (κ1) is 20.2. The van der Waals surface area contributed by atoms with Crippen LogP contribution in [0, 0.1) is 6.92 Å². The van der Waals surface area contributed by atoms with Crippen molar-refractivity contribution in [3.8, 4) is 5.75 Å². The minimum absolute atomic E-state index is 0.106. The lowest BCUT2D eigenvalue weighted by atomic mass is 9.95. The molecule has 154 valence electrons. The average Bonchev–Trinajstić information content (AvgIpc) is 3.11. The maximum Gasteiger partial charge on any atom is 0.118 e. The predicted molar refractivity (Wildman–Crippen MR) is 114 cm³/mol. The van der Waals surface area contributed by atoms with Gasteiger partial charge in [-0.1, -0.05) is 29.8 Å². The summed E-state index contributed by atoms with van der Waals surface area (Å²) in [7, 11) is 1.66. The lowest BCUT2D eigenvalue weighted by Gasteiger charge is -2.32. The van der Waals surface area contributed by atoms with Gasteiger partial charge in [0.2, 0.25) is 0 Å². The van der Waals surface area contributed by atoms with E-state index in [0.29, 0.717) is 24.4 Å². The van der Waals surface area contributed by atoms with Crippen LogP contribution < -0.4 is 4.74 Å². The van der Waals surface area contributed by atoms with Gasteiger partial charge in [-0.3, -0.25) is 0 Å². The summed E-state index contributed by atoms with van der Waals surface area (Å²) >= 11 is 6.62. The van der Waals surface area contributed by atoms with Crippen LogP contribution in [0.4, 0.5) is 0 Å². The molecule has 1 aliphatic heterocycles. The lowest BCUT2D eigenvalue weighted by molar-refractivity contribution is -0.113. The van der Waals surface area contributed by atoms with Crippen LogP contribution >= 0.6 is 11.6 Å². The second-order valence-electron chi connectivity index (χ2n) is 7.70. The zero-order valence-corrected chi connectivity index (χ0v) is 17.4. The standard InChI is InChI=1S/C23H26ClNO4/c1-14-3-8-20(24)22-19(21-10-16(27)9-18(13-26)29-21)12-25(23(14)22)11-15-4-6-17(28-2)7-5-15/h3-8,12,16,18,21,26-27H,9-11,13H2,1-2H3/t16-,18-,21+/m0/s1. The zero-order chi connectivity index (χ0) is 20.5. The normalized spacial score (nSPS) is 22.2. The Morgan fingerprint density at radius 3 is 2.62 bits per heavy atom. The van der Waals surface area contributed by atoms with Gasteiger partial charge in [-0.05, 0) is 36.2 Å². The summed E-state index contributed by atoms with van der Waals surface area (Å²) in [6.45, 7) is 2.64. The zero-order valence-electron chi connectivity index (χ0n) is 16.6. The van der Waals surface area contributed by atoms with Crippen molar-refractivity contribution in [2.45, 2.75) is 44.6 Å². The Hall–Kier alpha value is -2.05. The Balaban J connectivity index is 1.78. The highest BCUT2D eigenvalue weighted by atomic mass is 35.5. The predicted octanol–water partition coefficient (Wildman–Crippen LogP) is 4.23. The smallest absolute Gasteiger partial charge is 0.118 e. The molecule has 0 saturated carbocycles. The molecule has 1 fully saturated rings. The number of aryl methyl sites for hydroxylation is 1. The Kier molecular flexibility index (Phi) is 5.83. The summed E-state index contributed by atoms with van der Waals surface area (Å²) < 4.78 is 13.5. The SMILES string of the molecule is COc1ccc(Cn2cc([C@H]3C[C@@H](O)C[C@@H](CO)O3)c3c(Cl)ccc(C)c32)cc1. The number of benzene rings is 2. The van der Waals surface area contributed by atoms with Gasteiger partial charge in [-0.2, -0.15) is 0 Å². The molecule has 1 aromatic heterocycles. The van der Waals surface area contributed by atoms with E-state index in [2.05, 4.69) is 17.7 Å². The van der Waals surface area contributed by atoms with Gasteiger partial charge in [0.05, 0.1) is 42.6 Å². The second-order valence-corrected chi connectivity index (χ2v) is 8.11. The lowest BCUT2D eigenvalue weighted by Crippen LogP contribution is -2.33. The fourth-order valence-corrected chi connectivity index (χ4v) is 4.48. The van der Waals surface area contributed by atoms with Crippen LogP contribution in [0.5, 0.6) is 5.75 Å². The summed E-state index contributed by atoms with van der Waals surface area (Å²) in [4.78, 5) is 0. The van der Waals surface area contributed by atoms with E-state index in [1.165, 1.54) is 0 Å². The van der Waals surface area contributed by atoms with E-state index < -0.39 is 6.10 Å². The molecule has 0 radical (unpaired) electrons. The van der Waals surface area contributed by atoms with E-state index >= 15 is 0 Å². The molecule has 0 spiro atoms. The first-order chi connectivity index (χ1) is 14.0. The molecule has 0 unspecified atom stereocenters. The van der Waals surface area contributed by atoms with Crippen molar-refractivity contribution in [2.75, 3.05) is 13.7 Å². The van der Waals surface area contributed by atoms with Crippen LogP contribution in [0.25, 0.3) is 10.9 Å². The molecule has 5 nitrogen and oxygen atoms in total. The van der Waals surface area contributed by atoms with Crippen LogP contribution in [0.2, 0.25) is 5.02 Å². The third-order valence-electron chi connectivity index (χ3n) is 5.64. The highest BCUT2D eigenvalue weighted by molar-refractivity contribution is 6.35. The van der Waals surface area contributed by atoms with E-state index in [4.69, 9.17) is 21.1 Å². The first-order valence-corrected chi connectivity index (χ1v) is 10.2. The number of methoxy groups -OCH3 is 1. The molecule has 1 saturated heterocycles. The number of rotatable bonds is 5.